The first kappa shape index (κ1) is 15.2. The van der Waals surface area contributed by atoms with Crippen LogP contribution in [0.15, 0.2) is 12.3 Å². The summed E-state index contributed by atoms with van der Waals surface area (Å²) in [5, 5.41) is 12.6. The second-order valence-corrected chi connectivity index (χ2v) is 4.88. The molecule has 0 aliphatic carbocycles. The Kier molecular flexibility index (Phi) is 5.38. The molecule has 0 saturated carbocycles. The zero-order valence-electron chi connectivity index (χ0n) is 10.3. The quantitative estimate of drug-likeness (QED) is 0.820. The second kappa shape index (κ2) is 6.36. The normalized spacial score (nSPS) is 11.4. The van der Waals surface area contributed by atoms with E-state index in [0.29, 0.717) is 12.8 Å². The summed E-state index contributed by atoms with van der Waals surface area (Å²) in [7, 11) is 0. The van der Waals surface area contributed by atoms with Crippen LogP contribution in [0.1, 0.15) is 37.0 Å². The number of aliphatic hydroxyl groups is 1. The van der Waals surface area contributed by atoms with Gasteiger partial charge in [-0.2, -0.15) is 0 Å². The van der Waals surface area contributed by atoms with Crippen LogP contribution < -0.4 is 5.32 Å². The summed E-state index contributed by atoms with van der Waals surface area (Å²) in [6, 6.07) is 1.41. The van der Waals surface area contributed by atoms with E-state index in [9.17, 15) is 9.90 Å². The lowest BCUT2D eigenvalue weighted by molar-refractivity contribution is 0.0818. The Morgan fingerprint density at radius 3 is 2.56 bits per heavy atom. The maximum absolute atomic E-state index is 12.1. The first-order valence-electron chi connectivity index (χ1n) is 5.72. The van der Waals surface area contributed by atoms with Gasteiger partial charge in [-0.05, 0) is 18.9 Å². The number of aliphatic hydroxyl groups excluding tert-OH is 1. The molecule has 0 aliphatic heterocycles. The van der Waals surface area contributed by atoms with Crippen molar-refractivity contribution in [3.63, 3.8) is 0 Å². The van der Waals surface area contributed by atoms with E-state index >= 15 is 0 Å². The summed E-state index contributed by atoms with van der Waals surface area (Å²) in [4.78, 5) is 15.9. The van der Waals surface area contributed by atoms with Crippen molar-refractivity contribution in [3.05, 3.63) is 28.0 Å². The van der Waals surface area contributed by atoms with Crippen LogP contribution in [0.2, 0.25) is 10.2 Å². The van der Waals surface area contributed by atoms with Crippen molar-refractivity contribution in [2.24, 2.45) is 0 Å². The molecule has 1 aromatic heterocycles. The summed E-state index contributed by atoms with van der Waals surface area (Å²) < 4.78 is 0. The van der Waals surface area contributed by atoms with E-state index in [1.165, 1.54) is 12.3 Å². The molecule has 0 aromatic carbocycles. The van der Waals surface area contributed by atoms with Gasteiger partial charge in [0.1, 0.15) is 5.15 Å². The topological polar surface area (TPSA) is 62.2 Å². The highest BCUT2D eigenvalue weighted by molar-refractivity contribution is 6.35. The van der Waals surface area contributed by atoms with Crippen LogP contribution in [-0.2, 0) is 0 Å². The number of aromatic nitrogens is 1. The van der Waals surface area contributed by atoms with Crippen molar-refractivity contribution in [1.82, 2.24) is 10.3 Å². The highest BCUT2D eigenvalue weighted by Crippen LogP contribution is 2.20. The van der Waals surface area contributed by atoms with Gasteiger partial charge in [-0.25, -0.2) is 4.98 Å². The van der Waals surface area contributed by atoms with E-state index in [2.05, 4.69) is 10.3 Å². The van der Waals surface area contributed by atoms with Gasteiger partial charge in [0.15, 0.2) is 0 Å². The van der Waals surface area contributed by atoms with Crippen LogP contribution in [0.4, 0.5) is 0 Å². The van der Waals surface area contributed by atoms with Gasteiger partial charge in [-0.1, -0.05) is 37.0 Å². The number of hydrogen-bond acceptors (Lipinski definition) is 3. The lowest BCUT2D eigenvalue weighted by atomic mass is 9.93. The van der Waals surface area contributed by atoms with Crippen LogP contribution in [0.5, 0.6) is 0 Å². The standard InChI is InChI=1S/C12H16Cl2N2O2/c1-3-12(4-2,7-17)16-11(18)8-5-10(14)15-6-9(8)13/h5-6,17H,3-4,7H2,1-2H3,(H,16,18). The van der Waals surface area contributed by atoms with Crippen LogP contribution in [0.3, 0.4) is 0 Å². The van der Waals surface area contributed by atoms with Gasteiger partial charge < -0.3 is 10.4 Å². The number of pyridine rings is 1. The molecule has 0 unspecified atom stereocenters. The maximum atomic E-state index is 12.1. The summed E-state index contributed by atoms with van der Waals surface area (Å²) in [5.74, 6) is -0.359. The van der Waals surface area contributed by atoms with E-state index in [0.717, 1.165) is 0 Å². The van der Waals surface area contributed by atoms with Crippen LogP contribution in [0, 0.1) is 0 Å². The third-order valence-corrected chi connectivity index (χ3v) is 3.61. The number of hydrogen-bond donors (Lipinski definition) is 2. The van der Waals surface area contributed by atoms with Gasteiger partial charge in [0.2, 0.25) is 0 Å². The van der Waals surface area contributed by atoms with Crippen LogP contribution in [-0.4, -0.2) is 28.1 Å². The Hall–Kier alpha value is -0.840. The average molecular weight is 291 g/mol. The molecule has 1 heterocycles. The van der Waals surface area contributed by atoms with Gasteiger partial charge in [-0.15, -0.1) is 0 Å². The van der Waals surface area contributed by atoms with Gasteiger partial charge in [0, 0.05) is 6.20 Å². The summed E-state index contributed by atoms with van der Waals surface area (Å²) >= 11 is 11.6. The minimum atomic E-state index is -0.629. The molecular weight excluding hydrogens is 275 g/mol. The molecule has 1 rings (SSSR count). The Morgan fingerprint density at radius 1 is 1.44 bits per heavy atom. The zero-order valence-corrected chi connectivity index (χ0v) is 11.8. The number of carbonyl (C=O) groups excluding carboxylic acids is 1. The number of rotatable bonds is 5. The number of carbonyl (C=O) groups is 1. The molecule has 18 heavy (non-hydrogen) atoms. The molecule has 0 atom stereocenters. The molecule has 0 saturated heterocycles. The lowest BCUT2D eigenvalue weighted by Crippen LogP contribution is -2.50. The Morgan fingerprint density at radius 2 is 2.06 bits per heavy atom. The number of nitrogens with one attached hydrogen (secondary N) is 1. The van der Waals surface area contributed by atoms with Crippen molar-refractivity contribution in [3.8, 4) is 0 Å². The highest BCUT2D eigenvalue weighted by atomic mass is 35.5. The molecule has 0 aliphatic rings. The maximum Gasteiger partial charge on any atom is 0.253 e. The fraction of sp³-hybridized carbons (Fsp3) is 0.500. The fourth-order valence-corrected chi connectivity index (χ4v) is 1.93. The minimum Gasteiger partial charge on any atom is -0.394 e. The molecule has 2 N–H and O–H groups in total. The smallest absolute Gasteiger partial charge is 0.253 e. The van der Waals surface area contributed by atoms with E-state index in [1.807, 2.05) is 13.8 Å². The SMILES string of the molecule is CCC(CC)(CO)NC(=O)c1cc(Cl)ncc1Cl. The molecule has 1 aromatic rings. The molecule has 0 bridgehead atoms. The third-order valence-electron chi connectivity index (χ3n) is 3.10. The molecule has 100 valence electrons. The number of nitrogens with zero attached hydrogens (tertiary/aromatic N) is 1. The van der Waals surface area contributed by atoms with Crippen molar-refractivity contribution in [2.75, 3.05) is 6.61 Å². The molecular formula is C12H16Cl2N2O2. The van der Waals surface area contributed by atoms with Crippen molar-refractivity contribution in [1.29, 1.82) is 0 Å². The van der Waals surface area contributed by atoms with E-state index < -0.39 is 5.54 Å². The average Bonchev–Trinajstić information content (AvgIpc) is 2.38. The third kappa shape index (κ3) is 3.34. The summed E-state index contributed by atoms with van der Waals surface area (Å²) in [6.45, 7) is 3.68. The predicted octanol–water partition coefficient (Wildman–Crippen LogP) is 2.67. The van der Waals surface area contributed by atoms with Gasteiger partial charge >= 0.3 is 0 Å². The minimum absolute atomic E-state index is 0.123. The fourth-order valence-electron chi connectivity index (χ4n) is 1.59. The first-order chi connectivity index (χ1) is 8.48. The van der Waals surface area contributed by atoms with E-state index in [1.54, 1.807) is 0 Å². The van der Waals surface area contributed by atoms with Gasteiger partial charge in [-0.3, -0.25) is 4.79 Å². The molecule has 0 fully saturated rings. The Bertz CT molecular complexity index is 426. The predicted molar refractivity (Wildman–Crippen MR) is 72.1 cm³/mol. The van der Waals surface area contributed by atoms with Crippen molar-refractivity contribution >= 4 is 29.1 Å². The molecule has 1 amide bonds. The Balaban J connectivity index is 2.97. The number of amides is 1. The van der Waals surface area contributed by atoms with E-state index in [-0.39, 0.29) is 28.3 Å². The van der Waals surface area contributed by atoms with Gasteiger partial charge in [0.25, 0.3) is 5.91 Å². The second-order valence-electron chi connectivity index (χ2n) is 4.09. The Labute approximate surface area is 116 Å². The summed E-state index contributed by atoms with van der Waals surface area (Å²) in [5.41, 5.74) is -0.368. The van der Waals surface area contributed by atoms with Crippen LogP contribution in [0.25, 0.3) is 0 Å². The zero-order chi connectivity index (χ0) is 13.8. The highest BCUT2D eigenvalue weighted by Gasteiger charge is 2.28. The van der Waals surface area contributed by atoms with E-state index in [4.69, 9.17) is 23.2 Å². The molecule has 6 heteroatoms. The van der Waals surface area contributed by atoms with Crippen molar-refractivity contribution in [2.45, 2.75) is 32.2 Å². The largest absolute Gasteiger partial charge is 0.394 e. The molecule has 0 spiro atoms. The molecule has 0 radical (unpaired) electrons. The van der Waals surface area contributed by atoms with Crippen LogP contribution >= 0.6 is 23.2 Å². The summed E-state index contributed by atoms with van der Waals surface area (Å²) in [6.07, 6.45) is 2.58. The van der Waals surface area contributed by atoms with Crippen molar-refractivity contribution < 1.29 is 9.90 Å². The number of halogens is 2. The monoisotopic (exact) mass is 290 g/mol. The first-order valence-corrected chi connectivity index (χ1v) is 6.48. The lowest BCUT2D eigenvalue weighted by Gasteiger charge is -2.30. The van der Waals surface area contributed by atoms with Gasteiger partial charge in [0.05, 0.1) is 22.7 Å². The molecule has 4 nitrogen and oxygen atoms in total.